The second-order valence-electron chi connectivity index (χ2n) is 8.68. The van der Waals surface area contributed by atoms with Crippen LogP contribution in [0.15, 0.2) is 52.4 Å². The average molecular weight is 692 g/mol. The van der Waals surface area contributed by atoms with E-state index in [0.29, 0.717) is 21.8 Å². The molecule has 2 aromatic carbocycles. The van der Waals surface area contributed by atoms with Crippen LogP contribution >= 0.6 is 44.7 Å². The number of thioether (sulfide) groups is 1. The van der Waals surface area contributed by atoms with Gasteiger partial charge in [-0.05, 0) is 51.1 Å². The molecule has 13 nitrogen and oxygen atoms in total. The molecule has 1 amide bonds. The molecule has 0 spiro atoms. The number of anilines is 1. The normalized spacial score (nSPS) is 13.5. The first-order valence-electron chi connectivity index (χ1n) is 10.9. The molecule has 1 aliphatic rings. The summed E-state index contributed by atoms with van der Waals surface area (Å²) in [6, 6.07) is 10.6. The minimum Gasteiger partial charge on any atom is -0.481 e. The number of carboxylic acids is 1. The van der Waals surface area contributed by atoms with Crippen molar-refractivity contribution in [1.82, 2.24) is 5.32 Å². The van der Waals surface area contributed by atoms with Crippen LogP contribution in [0.25, 0.3) is 0 Å². The number of fused-ring (bicyclic) bond motifs is 1. The fourth-order valence-electron chi connectivity index (χ4n) is 3.08. The van der Waals surface area contributed by atoms with Gasteiger partial charge in [0.05, 0.1) is 16.3 Å². The molecule has 2 aromatic rings. The maximum atomic E-state index is 12.9. The van der Waals surface area contributed by atoms with E-state index in [1.165, 1.54) is 23.9 Å². The van der Waals surface area contributed by atoms with E-state index in [4.69, 9.17) is 21.3 Å². The number of halogens is 2. The molecule has 212 valence electrons. The van der Waals surface area contributed by atoms with Crippen LogP contribution in [0, 0.1) is 10.1 Å². The van der Waals surface area contributed by atoms with Gasteiger partial charge in [-0.1, -0.05) is 27.7 Å². The first kappa shape index (κ1) is 33.7. The molecule has 1 heterocycles. The van der Waals surface area contributed by atoms with Crippen molar-refractivity contribution < 1.29 is 29.2 Å². The monoisotopic (exact) mass is 690 g/mol. The Bertz CT molecular complexity index is 1230. The number of ether oxygens (including phenoxy) is 1. The van der Waals surface area contributed by atoms with Gasteiger partial charge in [-0.25, -0.2) is 4.99 Å². The topological polar surface area (TPSA) is 203 Å². The van der Waals surface area contributed by atoms with Gasteiger partial charge in [0.15, 0.2) is 11.5 Å². The van der Waals surface area contributed by atoms with Crippen molar-refractivity contribution in [3.05, 3.63) is 58.1 Å². The Morgan fingerprint density at radius 1 is 1.21 bits per heavy atom. The lowest BCUT2D eigenvalue weighted by atomic mass is 10.2. The highest BCUT2D eigenvalue weighted by molar-refractivity contribution is 9.09. The number of alkyl halides is 1. The molecule has 0 bridgehead atoms. The minimum atomic E-state index is -0.829. The summed E-state index contributed by atoms with van der Waals surface area (Å²) >= 11 is 3.91. The van der Waals surface area contributed by atoms with Crippen LogP contribution in [0.4, 0.5) is 17.1 Å². The second kappa shape index (κ2) is 14.7. The van der Waals surface area contributed by atoms with E-state index in [9.17, 15) is 24.5 Å². The lowest BCUT2D eigenvalue weighted by molar-refractivity contribution is -0.385. The molecule has 16 heteroatoms. The molecular formula is C23H28Br2N6O7S. The second-order valence-corrected chi connectivity index (χ2v) is 10.4. The SMILES string of the molecule is Br.CC(C)(C)OC(=O)CN1c2ccc([N+](=O)[O-])cc2SC1NC(=O)c1ccc(N=C(N)N)cc1.O=C(O)CBr. The van der Waals surface area contributed by atoms with E-state index in [1.54, 1.807) is 56.0 Å². The van der Waals surface area contributed by atoms with Gasteiger partial charge < -0.3 is 31.5 Å². The van der Waals surface area contributed by atoms with Crippen LogP contribution in [-0.2, 0) is 14.3 Å². The third-order valence-electron chi connectivity index (χ3n) is 4.46. The average Bonchev–Trinajstić information content (AvgIpc) is 3.14. The summed E-state index contributed by atoms with van der Waals surface area (Å²) in [6.45, 7) is 5.12. The van der Waals surface area contributed by atoms with Crippen LogP contribution in [0.1, 0.15) is 31.1 Å². The Kier molecular flexibility index (Phi) is 12.7. The third-order valence-corrected chi connectivity index (χ3v) is 6.12. The predicted molar refractivity (Wildman–Crippen MR) is 157 cm³/mol. The number of hydrogen-bond acceptors (Lipinski definition) is 9. The molecule has 6 N–H and O–H groups in total. The Labute approximate surface area is 247 Å². The number of aliphatic imine (C=N–C) groups is 1. The highest BCUT2D eigenvalue weighted by Crippen LogP contribution is 2.44. The number of aliphatic carboxylic acids is 1. The van der Waals surface area contributed by atoms with Crippen molar-refractivity contribution in [1.29, 1.82) is 0 Å². The molecule has 39 heavy (non-hydrogen) atoms. The Morgan fingerprint density at radius 2 is 1.79 bits per heavy atom. The molecule has 0 aromatic heterocycles. The van der Waals surface area contributed by atoms with Gasteiger partial charge in [-0.15, -0.1) is 17.0 Å². The zero-order valence-electron chi connectivity index (χ0n) is 21.1. The van der Waals surface area contributed by atoms with Gasteiger partial charge in [-0.2, -0.15) is 0 Å². The quantitative estimate of drug-likeness (QED) is 0.0826. The van der Waals surface area contributed by atoms with Crippen molar-refractivity contribution in [2.24, 2.45) is 16.5 Å². The number of nitro benzene ring substituents is 1. The van der Waals surface area contributed by atoms with Crippen molar-refractivity contribution in [2.75, 3.05) is 16.8 Å². The number of nitrogens with zero attached hydrogens (tertiary/aromatic N) is 3. The number of guanidine groups is 1. The number of nitrogens with one attached hydrogen (secondary N) is 1. The lowest BCUT2D eigenvalue weighted by Gasteiger charge is -2.28. The zero-order valence-corrected chi connectivity index (χ0v) is 25.2. The highest BCUT2D eigenvalue weighted by atomic mass is 79.9. The zero-order chi connectivity index (χ0) is 28.6. The smallest absolute Gasteiger partial charge is 0.326 e. The third kappa shape index (κ3) is 10.7. The summed E-state index contributed by atoms with van der Waals surface area (Å²) < 4.78 is 5.42. The fraction of sp³-hybridized carbons (Fsp3) is 0.304. The first-order chi connectivity index (χ1) is 17.7. The van der Waals surface area contributed by atoms with E-state index in [1.807, 2.05) is 0 Å². The first-order valence-corrected chi connectivity index (χ1v) is 12.9. The van der Waals surface area contributed by atoms with Crippen LogP contribution < -0.4 is 21.7 Å². The number of hydrogen-bond donors (Lipinski definition) is 4. The fourth-order valence-corrected chi connectivity index (χ4v) is 4.30. The van der Waals surface area contributed by atoms with Gasteiger partial charge in [0.2, 0.25) is 0 Å². The number of nitro groups is 1. The van der Waals surface area contributed by atoms with E-state index in [2.05, 4.69) is 26.2 Å². The molecule has 0 saturated carbocycles. The van der Waals surface area contributed by atoms with E-state index in [-0.39, 0.29) is 40.5 Å². The number of carbonyl (C=O) groups is 3. The van der Waals surface area contributed by atoms with Crippen LogP contribution in [0.2, 0.25) is 0 Å². The predicted octanol–water partition coefficient (Wildman–Crippen LogP) is 3.51. The summed E-state index contributed by atoms with van der Waals surface area (Å²) in [5.41, 5.74) is 10.7. The van der Waals surface area contributed by atoms with Gasteiger partial charge in [0.25, 0.3) is 11.6 Å². The largest absolute Gasteiger partial charge is 0.481 e. The van der Waals surface area contributed by atoms with Gasteiger partial charge in [-0.3, -0.25) is 24.5 Å². The number of nitrogens with two attached hydrogens (primary N) is 2. The van der Waals surface area contributed by atoms with Gasteiger partial charge in [0.1, 0.15) is 17.5 Å². The van der Waals surface area contributed by atoms with E-state index < -0.39 is 33.9 Å². The molecule has 0 fully saturated rings. The van der Waals surface area contributed by atoms with E-state index in [0.717, 1.165) is 0 Å². The van der Waals surface area contributed by atoms with Crippen molar-refractivity contribution in [3.63, 3.8) is 0 Å². The van der Waals surface area contributed by atoms with Crippen molar-refractivity contribution in [2.45, 2.75) is 36.8 Å². The van der Waals surface area contributed by atoms with Crippen molar-refractivity contribution >= 4 is 85.5 Å². The number of amides is 1. The molecule has 3 rings (SSSR count). The lowest BCUT2D eigenvalue weighted by Crippen LogP contribution is -2.47. The number of carboxylic acid groups (broad SMARTS) is 1. The van der Waals surface area contributed by atoms with Crippen molar-refractivity contribution in [3.8, 4) is 0 Å². The molecule has 0 aliphatic carbocycles. The Balaban J connectivity index is 0.00000116. The Morgan fingerprint density at radius 3 is 2.28 bits per heavy atom. The minimum absolute atomic E-state index is 0. The standard InChI is InChI=1S/C21H24N6O5S.C2H3BrO2.BrH/c1-21(2,3)32-17(28)11-26-15-9-8-14(27(30)31)10-16(15)33-20(26)25-18(29)12-4-6-13(7-5-12)24-19(22)23;3-1-2(4)5;/h4-10,20H,11H2,1-3H3,(H,25,29)(H4,22,23,24);1H2,(H,4,5);1H. The molecular weight excluding hydrogens is 664 g/mol. The van der Waals surface area contributed by atoms with E-state index >= 15 is 0 Å². The summed E-state index contributed by atoms with van der Waals surface area (Å²) in [5.74, 6) is -1.82. The maximum absolute atomic E-state index is 12.9. The maximum Gasteiger partial charge on any atom is 0.326 e. The van der Waals surface area contributed by atoms with Crippen LogP contribution in [0.5, 0.6) is 0 Å². The van der Waals surface area contributed by atoms with Crippen LogP contribution in [-0.4, -0.2) is 56.8 Å². The van der Waals surface area contributed by atoms with Gasteiger partial charge in [0, 0.05) is 22.6 Å². The highest BCUT2D eigenvalue weighted by Gasteiger charge is 2.35. The van der Waals surface area contributed by atoms with Crippen LogP contribution in [0.3, 0.4) is 0 Å². The molecule has 1 aliphatic heterocycles. The summed E-state index contributed by atoms with van der Waals surface area (Å²) in [4.78, 5) is 51.5. The number of esters is 1. The number of rotatable bonds is 7. The number of benzene rings is 2. The molecule has 0 saturated heterocycles. The van der Waals surface area contributed by atoms with Gasteiger partial charge >= 0.3 is 11.9 Å². The molecule has 1 atom stereocenters. The molecule has 0 radical (unpaired) electrons. The number of non-ortho nitro benzene ring substituents is 1. The molecule has 1 unspecified atom stereocenters. The summed E-state index contributed by atoms with van der Waals surface area (Å²) in [6.07, 6.45) is 0. The number of carbonyl (C=O) groups excluding carboxylic acids is 2. The summed E-state index contributed by atoms with van der Waals surface area (Å²) in [5, 5.41) is 21.7. The Hall–Kier alpha value is -3.37. The summed E-state index contributed by atoms with van der Waals surface area (Å²) in [7, 11) is 0.